The fourth-order valence-corrected chi connectivity index (χ4v) is 2.12. The summed E-state index contributed by atoms with van der Waals surface area (Å²) in [5, 5.41) is 0.620. The highest BCUT2D eigenvalue weighted by molar-refractivity contribution is 9.10. The molecule has 0 saturated heterocycles. The predicted octanol–water partition coefficient (Wildman–Crippen LogP) is 4.49. The molecule has 3 rings (SSSR count). The summed E-state index contributed by atoms with van der Waals surface area (Å²) >= 11 is 9.40. The van der Waals surface area contributed by atoms with Gasteiger partial charge in [-0.3, -0.25) is 0 Å². The number of hydrogen-bond donors (Lipinski definition) is 1. The first kappa shape index (κ1) is 11.6. The molecule has 1 aromatic heterocycles. The van der Waals surface area contributed by atoms with Gasteiger partial charge in [0.25, 0.3) is 0 Å². The Morgan fingerprint density at radius 1 is 1.17 bits per heavy atom. The highest BCUT2D eigenvalue weighted by atomic mass is 79.9. The minimum atomic E-state index is 0.532. The van der Waals surface area contributed by atoms with Crippen LogP contribution in [-0.2, 0) is 0 Å². The lowest BCUT2D eigenvalue weighted by Crippen LogP contribution is -1.82. The molecule has 2 N–H and O–H groups in total. The average molecular weight is 324 g/mol. The van der Waals surface area contributed by atoms with E-state index in [2.05, 4.69) is 20.9 Å². The van der Waals surface area contributed by atoms with E-state index >= 15 is 0 Å². The summed E-state index contributed by atoms with van der Waals surface area (Å²) < 4.78 is 6.50. The molecule has 3 aromatic rings. The molecule has 0 aliphatic carbocycles. The lowest BCUT2D eigenvalue weighted by molar-refractivity contribution is 0.620. The fraction of sp³-hybridized carbons (Fsp3) is 0. The van der Waals surface area contributed by atoms with Gasteiger partial charge in [0.05, 0.1) is 5.02 Å². The molecule has 0 unspecified atom stereocenters. The molecular weight excluding hydrogens is 316 g/mol. The molecule has 18 heavy (non-hydrogen) atoms. The first-order valence-electron chi connectivity index (χ1n) is 5.25. The summed E-state index contributed by atoms with van der Waals surface area (Å²) in [7, 11) is 0. The number of aromatic nitrogens is 1. The minimum absolute atomic E-state index is 0.532. The highest BCUT2D eigenvalue weighted by Gasteiger charge is 2.09. The molecule has 0 aliphatic heterocycles. The van der Waals surface area contributed by atoms with E-state index in [0.717, 1.165) is 15.6 Å². The lowest BCUT2D eigenvalue weighted by atomic mass is 10.2. The fourth-order valence-electron chi connectivity index (χ4n) is 1.70. The Morgan fingerprint density at radius 3 is 2.78 bits per heavy atom. The van der Waals surface area contributed by atoms with Gasteiger partial charge in [-0.15, -0.1) is 0 Å². The monoisotopic (exact) mass is 322 g/mol. The van der Waals surface area contributed by atoms with E-state index in [9.17, 15) is 0 Å². The molecular formula is C13H8BrClN2O. The molecule has 0 atom stereocenters. The van der Waals surface area contributed by atoms with Gasteiger partial charge in [0.15, 0.2) is 5.58 Å². The van der Waals surface area contributed by atoms with Crippen molar-refractivity contribution in [1.82, 2.24) is 4.98 Å². The third kappa shape index (κ3) is 1.98. The summed E-state index contributed by atoms with van der Waals surface area (Å²) in [5.74, 6) is 0.532. The molecule has 0 fully saturated rings. The van der Waals surface area contributed by atoms with Crippen molar-refractivity contribution in [2.24, 2.45) is 0 Å². The van der Waals surface area contributed by atoms with Gasteiger partial charge >= 0.3 is 0 Å². The molecule has 1 heterocycles. The van der Waals surface area contributed by atoms with Gasteiger partial charge in [-0.05, 0) is 52.3 Å². The SMILES string of the molecule is Nc1ccc2oc(-c3ccc(Br)c(Cl)c3)nc2c1. The maximum absolute atomic E-state index is 6.05. The van der Waals surface area contributed by atoms with Crippen LogP contribution < -0.4 is 5.73 Å². The number of hydrogen-bond acceptors (Lipinski definition) is 3. The van der Waals surface area contributed by atoms with Gasteiger partial charge in [0.2, 0.25) is 5.89 Å². The topological polar surface area (TPSA) is 52.0 Å². The number of fused-ring (bicyclic) bond motifs is 1. The average Bonchev–Trinajstić information content (AvgIpc) is 2.75. The second kappa shape index (κ2) is 4.30. The van der Waals surface area contributed by atoms with E-state index in [1.807, 2.05) is 18.2 Å². The molecule has 0 spiro atoms. The summed E-state index contributed by atoms with van der Waals surface area (Å²) in [6.45, 7) is 0. The van der Waals surface area contributed by atoms with Crippen molar-refractivity contribution in [1.29, 1.82) is 0 Å². The van der Waals surface area contributed by atoms with Crippen LogP contribution in [-0.4, -0.2) is 4.98 Å². The first-order chi connectivity index (χ1) is 8.63. The molecule has 3 nitrogen and oxygen atoms in total. The van der Waals surface area contributed by atoms with Crippen molar-refractivity contribution in [3.63, 3.8) is 0 Å². The van der Waals surface area contributed by atoms with Gasteiger partial charge in [0.1, 0.15) is 5.52 Å². The Labute approximate surface area is 117 Å². The molecule has 0 amide bonds. The smallest absolute Gasteiger partial charge is 0.227 e. The van der Waals surface area contributed by atoms with Crippen molar-refractivity contribution < 1.29 is 4.42 Å². The Bertz CT molecular complexity index is 739. The minimum Gasteiger partial charge on any atom is -0.436 e. The van der Waals surface area contributed by atoms with Crippen LogP contribution in [0.2, 0.25) is 5.02 Å². The normalized spacial score (nSPS) is 11.0. The van der Waals surface area contributed by atoms with Gasteiger partial charge < -0.3 is 10.2 Å². The molecule has 0 aliphatic rings. The van der Waals surface area contributed by atoms with E-state index in [1.165, 1.54) is 0 Å². The quantitative estimate of drug-likeness (QED) is 0.671. The van der Waals surface area contributed by atoms with E-state index in [0.29, 0.717) is 22.2 Å². The van der Waals surface area contributed by atoms with Crippen LogP contribution in [0.1, 0.15) is 0 Å². The second-order valence-corrected chi connectivity index (χ2v) is 5.14. The number of oxazole rings is 1. The highest BCUT2D eigenvalue weighted by Crippen LogP contribution is 2.30. The number of nitrogens with zero attached hydrogens (tertiary/aromatic N) is 1. The zero-order valence-corrected chi connectivity index (χ0v) is 11.5. The summed E-state index contributed by atoms with van der Waals surface area (Å²) in [4.78, 5) is 4.39. The van der Waals surface area contributed by atoms with Gasteiger partial charge in [-0.2, -0.15) is 0 Å². The molecule has 5 heteroatoms. The number of halogens is 2. The molecule has 0 bridgehead atoms. The van der Waals surface area contributed by atoms with E-state index < -0.39 is 0 Å². The van der Waals surface area contributed by atoms with E-state index in [4.69, 9.17) is 21.8 Å². The predicted molar refractivity (Wildman–Crippen MR) is 76.6 cm³/mol. The van der Waals surface area contributed by atoms with E-state index in [-0.39, 0.29) is 0 Å². The van der Waals surface area contributed by atoms with Gasteiger partial charge in [-0.25, -0.2) is 4.98 Å². The second-order valence-electron chi connectivity index (χ2n) is 3.88. The number of benzene rings is 2. The van der Waals surface area contributed by atoms with Crippen molar-refractivity contribution >= 4 is 44.3 Å². The zero-order valence-electron chi connectivity index (χ0n) is 9.15. The van der Waals surface area contributed by atoms with Gasteiger partial charge in [0, 0.05) is 15.7 Å². The van der Waals surface area contributed by atoms with Gasteiger partial charge in [-0.1, -0.05) is 11.6 Å². The van der Waals surface area contributed by atoms with Crippen LogP contribution >= 0.6 is 27.5 Å². The lowest BCUT2D eigenvalue weighted by Gasteiger charge is -1.98. The van der Waals surface area contributed by atoms with Crippen LogP contribution in [0.5, 0.6) is 0 Å². The number of nitrogens with two attached hydrogens (primary N) is 1. The maximum Gasteiger partial charge on any atom is 0.227 e. The van der Waals surface area contributed by atoms with Crippen molar-refractivity contribution in [3.05, 3.63) is 45.9 Å². The Hall–Kier alpha value is -1.52. The maximum atomic E-state index is 6.05. The first-order valence-corrected chi connectivity index (χ1v) is 6.42. The van der Waals surface area contributed by atoms with E-state index in [1.54, 1.807) is 18.2 Å². The standard InChI is InChI=1S/C13H8BrClN2O/c14-9-3-1-7(5-10(9)15)13-17-11-6-8(16)2-4-12(11)18-13/h1-6H,16H2. The van der Waals surface area contributed by atoms with Crippen molar-refractivity contribution in [2.75, 3.05) is 5.73 Å². The molecule has 0 saturated carbocycles. The third-order valence-electron chi connectivity index (χ3n) is 2.58. The van der Waals surface area contributed by atoms with Crippen LogP contribution in [0.4, 0.5) is 5.69 Å². The molecule has 2 aromatic carbocycles. The number of nitrogen functional groups attached to an aromatic ring is 1. The number of anilines is 1. The Balaban J connectivity index is 2.16. The van der Waals surface area contributed by atoms with Crippen LogP contribution in [0.15, 0.2) is 45.3 Å². The summed E-state index contributed by atoms with van der Waals surface area (Å²) in [6.07, 6.45) is 0. The van der Waals surface area contributed by atoms with Crippen LogP contribution in [0.25, 0.3) is 22.6 Å². The summed E-state index contributed by atoms with van der Waals surface area (Å²) in [5.41, 5.74) is 8.65. The van der Waals surface area contributed by atoms with Crippen molar-refractivity contribution in [2.45, 2.75) is 0 Å². The van der Waals surface area contributed by atoms with Crippen molar-refractivity contribution in [3.8, 4) is 11.5 Å². The largest absolute Gasteiger partial charge is 0.436 e. The molecule has 0 radical (unpaired) electrons. The Kier molecular flexibility index (Phi) is 2.76. The summed E-state index contributed by atoms with van der Waals surface area (Å²) in [6, 6.07) is 10.9. The molecule has 90 valence electrons. The zero-order chi connectivity index (χ0) is 12.7. The van der Waals surface area contributed by atoms with Crippen LogP contribution in [0.3, 0.4) is 0 Å². The Morgan fingerprint density at radius 2 is 2.00 bits per heavy atom. The number of rotatable bonds is 1. The van der Waals surface area contributed by atoms with Crippen LogP contribution in [0, 0.1) is 0 Å². The third-order valence-corrected chi connectivity index (χ3v) is 3.81.